The summed E-state index contributed by atoms with van der Waals surface area (Å²) in [5.41, 5.74) is 1.19. The maximum absolute atomic E-state index is 13.0. The Hall–Kier alpha value is -3.75. The number of carbonyl (C=O) groups excluding carboxylic acids is 2. The number of nitrogens with one attached hydrogen (secondary N) is 1. The molecule has 3 amide bonds. The van der Waals surface area contributed by atoms with Crippen molar-refractivity contribution >= 4 is 46.1 Å². The summed E-state index contributed by atoms with van der Waals surface area (Å²) in [7, 11) is 0. The number of imide groups is 1. The predicted octanol–water partition coefficient (Wildman–Crippen LogP) is 4.60. The van der Waals surface area contributed by atoms with E-state index in [2.05, 4.69) is 11.2 Å². The van der Waals surface area contributed by atoms with E-state index in [1.807, 2.05) is 30.3 Å². The minimum Gasteiger partial charge on any atom is -0.480 e. The molecule has 0 spiro atoms. The number of anilines is 1. The van der Waals surface area contributed by atoms with Crippen molar-refractivity contribution in [2.24, 2.45) is 0 Å². The maximum Gasteiger partial charge on any atom is 0.333 e. The van der Waals surface area contributed by atoms with Gasteiger partial charge in [-0.1, -0.05) is 53.9 Å². The Labute approximate surface area is 172 Å². The smallest absolute Gasteiger partial charge is 0.333 e. The van der Waals surface area contributed by atoms with Gasteiger partial charge in [-0.15, -0.1) is 6.42 Å². The standard InChI is InChI=1S/C23H15ClN2O3/c1-2-12-29-21-11-10-15-6-3-4-9-18(15)19(21)14-20-22(27)26(23(28)25-20)17-8-5-7-16(24)13-17/h1,3-11,13-14H,12H2,(H,25,28)/b20-14+. The molecule has 0 aliphatic carbocycles. The van der Waals surface area contributed by atoms with Gasteiger partial charge in [-0.05, 0) is 41.1 Å². The van der Waals surface area contributed by atoms with Crippen molar-refractivity contribution < 1.29 is 14.3 Å². The largest absolute Gasteiger partial charge is 0.480 e. The lowest BCUT2D eigenvalue weighted by Gasteiger charge is -2.12. The summed E-state index contributed by atoms with van der Waals surface area (Å²) < 4.78 is 5.66. The fourth-order valence-electron chi connectivity index (χ4n) is 3.20. The molecule has 1 aliphatic rings. The lowest BCUT2D eigenvalue weighted by atomic mass is 10.0. The Bertz CT molecular complexity index is 1210. The molecule has 29 heavy (non-hydrogen) atoms. The molecule has 6 heteroatoms. The second kappa shape index (κ2) is 7.70. The van der Waals surface area contributed by atoms with Crippen molar-refractivity contribution in [3.05, 3.63) is 76.9 Å². The average molecular weight is 403 g/mol. The fourth-order valence-corrected chi connectivity index (χ4v) is 3.38. The molecule has 0 radical (unpaired) electrons. The van der Waals surface area contributed by atoms with E-state index in [1.54, 1.807) is 36.4 Å². The zero-order valence-electron chi connectivity index (χ0n) is 15.2. The molecule has 0 saturated carbocycles. The number of terminal acetylenes is 1. The highest BCUT2D eigenvalue weighted by molar-refractivity contribution is 6.32. The Balaban J connectivity index is 1.80. The van der Waals surface area contributed by atoms with Crippen LogP contribution < -0.4 is 15.0 Å². The highest BCUT2D eigenvalue weighted by Gasteiger charge is 2.35. The van der Waals surface area contributed by atoms with Gasteiger partial charge in [0, 0.05) is 10.6 Å². The van der Waals surface area contributed by atoms with Crippen molar-refractivity contribution in [2.45, 2.75) is 0 Å². The molecule has 142 valence electrons. The zero-order chi connectivity index (χ0) is 20.4. The first-order chi connectivity index (χ1) is 14.1. The number of amides is 3. The highest BCUT2D eigenvalue weighted by atomic mass is 35.5. The van der Waals surface area contributed by atoms with Crippen LogP contribution in [0.1, 0.15) is 5.56 Å². The van der Waals surface area contributed by atoms with E-state index in [0.717, 1.165) is 15.7 Å². The van der Waals surface area contributed by atoms with Crippen LogP contribution in [0.3, 0.4) is 0 Å². The van der Waals surface area contributed by atoms with Crippen molar-refractivity contribution in [3.63, 3.8) is 0 Å². The average Bonchev–Trinajstić information content (AvgIpc) is 3.00. The summed E-state index contributed by atoms with van der Waals surface area (Å²) in [6, 6.07) is 17.4. The number of fused-ring (bicyclic) bond motifs is 1. The molecule has 0 bridgehead atoms. The van der Waals surface area contributed by atoms with Gasteiger partial charge in [0.2, 0.25) is 0 Å². The number of benzene rings is 3. The molecule has 1 aliphatic heterocycles. The van der Waals surface area contributed by atoms with Crippen LogP contribution in [0, 0.1) is 12.3 Å². The van der Waals surface area contributed by atoms with Gasteiger partial charge in [-0.2, -0.15) is 0 Å². The lowest BCUT2D eigenvalue weighted by molar-refractivity contribution is -0.113. The van der Waals surface area contributed by atoms with Crippen LogP contribution in [0.25, 0.3) is 16.8 Å². The number of halogens is 1. The summed E-state index contributed by atoms with van der Waals surface area (Å²) >= 11 is 6.00. The third kappa shape index (κ3) is 3.54. The van der Waals surface area contributed by atoms with E-state index in [4.69, 9.17) is 22.8 Å². The fraction of sp³-hybridized carbons (Fsp3) is 0.0435. The van der Waals surface area contributed by atoms with Crippen LogP contribution in [0.5, 0.6) is 5.75 Å². The molecule has 3 aromatic carbocycles. The van der Waals surface area contributed by atoms with Gasteiger partial charge >= 0.3 is 6.03 Å². The molecule has 1 fully saturated rings. The molecule has 5 nitrogen and oxygen atoms in total. The quantitative estimate of drug-likeness (QED) is 0.394. The third-order valence-electron chi connectivity index (χ3n) is 4.47. The van der Waals surface area contributed by atoms with Crippen molar-refractivity contribution in [1.82, 2.24) is 5.32 Å². The molecule has 0 aromatic heterocycles. The SMILES string of the molecule is C#CCOc1ccc2ccccc2c1/C=C1/NC(=O)N(c2cccc(Cl)c2)C1=O. The Morgan fingerprint density at radius 3 is 2.72 bits per heavy atom. The highest BCUT2D eigenvalue weighted by Crippen LogP contribution is 2.32. The number of urea groups is 1. The van der Waals surface area contributed by atoms with Crippen molar-refractivity contribution in [2.75, 3.05) is 11.5 Å². The third-order valence-corrected chi connectivity index (χ3v) is 4.71. The number of nitrogens with zero attached hydrogens (tertiary/aromatic N) is 1. The first-order valence-corrected chi connectivity index (χ1v) is 9.17. The second-order valence-electron chi connectivity index (χ2n) is 6.30. The lowest BCUT2D eigenvalue weighted by Crippen LogP contribution is -2.30. The van der Waals surface area contributed by atoms with E-state index >= 15 is 0 Å². The van der Waals surface area contributed by atoms with Crippen LogP contribution >= 0.6 is 11.6 Å². The van der Waals surface area contributed by atoms with Gasteiger partial charge in [-0.25, -0.2) is 9.69 Å². The van der Waals surface area contributed by atoms with Gasteiger partial charge in [0.25, 0.3) is 5.91 Å². The number of hydrogen-bond donors (Lipinski definition) is 1. The summed E-state index contributed by atoms with van der Waals surface area (Å²) in [5.74, 6) is 2.48. The maximum atomic E-state index is 13.0. The molecule has 0 unspecified atom stereocenters. The van der Waals surface area contributed by atoms with Crippen LogP contribution in [0.4, 0.5) is 10.5 Å². The molecular formula is C23H15ClN2O3. The number of hydrogen-bond acceptors (Lipinski definition) is 3. The summed E-state index contributed by atoms with van der Waals surface area (Å²) in [4.78, 5) is 26.5. The van der Waals surface area contributed by atoms with Crippen LogP contribution in [0.15, 0.2) is 66.4 Å². The van der Waals surface area contributed by atoms with Gasteiger partial charge in [0.1, 0.15) is 18.1 Å². The number of ether oxygens (including phenoxy) is 1. The van der Waals surface area contributed by atoms with Crippen molar-refractivity contribution in [3.8, 4) is 18.1 Å². The normalized spacial score (nSPS) is 14.9. The predicted molar refractivity (Wildman–Crippen MR) is 114 cm³/mol. The minimum atomic E-state index is -0.546. The molecule has 1 N–H and O–H groups in total. The van der Waals surface area contributed by atoms with Gasteiger partial charge in [0.05, 0.1) is 5.69 Å². The topological polar surface area (TPSA) is 58.6 Å². The Kier molecular flexibility index (Phi) is 4.94. The van der Waals surface area contributed by atoms with E-state index in [1.165, 1.54) is 0 Å². The second-order valence-corrected chi connectivity index (χ2v) is 6.74. The monoisotopic (exact) mass is 402 g/mol. The van der Waals surface area contributed by atoms with Gasteiger partial charge in [-0.3, -0.25) is 4.79 Å². The summed E-state index contributed by atoms with van der Waals surface area (Å²) in [5, 5.41) is 4.90. The first-order valence-electron chi connectivity index (χ1n) is 8.79. The van der Waals surface area contributed by atoms with Crippen LogP contribution in [-0.2, 0) is 4.79 Å². The van der Waals surface area contributed by atoms with Crippen molar-refractivity contribution in [1.29, 1.82) is 0 Å². The molecular weight excluding hydrogens is 388 g/mol. The van der Waals surface area contributed by atoms with Gasteiger partial charge < -0.3 is 10.1 Å². The first kappa shape index (κ1) is 18.6. The molecule has 1 saturated heterocycles. The van der Waals surface area contributed by atoms with Crippen LogP contribution in [-0.4, -0.2) is 18.5 Å². The van der Waals surface area contributed by atoms with E-state index in [-0.39, 0.29) is 12.3 Å². The van der Waals surface area contributed by atoms with Gasteiger partial charge in [0.15, 0.2) is 0 Å². The number of rotatable bonds is 4. The van der Waals surface area contributed by atoms with E-state index < -0.39 is 11.9 Å². The van der Waals surface area contributed by atoms with E-state index in [0.29, 0.717) is 22.0 Å². The summed E-state index contributed by atoms with van der Waals surface area (Å²) in [6.45, 7) is 0.0868. The molecule has 0 atom stereocenters. The Morgan fingerprint density at radius 2 is 1.93 bits per heavy atom. The molecule has 3 aromatic rings. The van der Waals surface area contributed by atoms with Crippen LogP contribution in [0.2, 0.25) is 5.02 Å². The molecule has 1 heterocycles. The number of carbonyl (C=O) groups is 2. The zero-order valence-corrected chi connectivity index (χ0v) is 15.9. The minimum absolute atomic E-state index is 0.0868. The van der Waals surface area contributed by atoms with E-state index in [9.17, 15) is 9.59 Å². The molecule has 4 rings (SSSR count). The summed E-state index contributed by atoms with van der Waals surface area (Å²) in [6.07, 6.45) is 6.93. The Morgan fingerprint density at radius 1 is 1.10 bits per heavy atom.